The molecule has 4 nitrogen and oxygen atoms in total. The highest BCUT2D eigenvalue weighted by Gasteiger charge is 2.20. The van der Waals surface area contributed by atoms with Gasteiger partial charge in [-0.3, -0.25) is 5.10 Å². The Balaban J connectivity index is 1.74. The van der Waals surface area contributed by atoms with Gasteiger partial charge in [-0.15, -0.1) is 0 Å². The zero-order valence-corrected chi connectivity index (χ0v) is 10.3. The van der Waals surface area contributed by atoms with Crippen molar-refractivity contribution in [1.82, 2.24) is 20.5 Å². The van der Waals surface area contributed by atoms with Gasteiger partial charge in [-0.05, 0) is 37.1 Å². The summed E-state index contributed by atoms with van der Waals surface area (Å²) in [6.07, 6.45) is 2.57. The van der Waals surface area contributed by atoms with E-state index in [2.05, 4.69) is 20.5 Å². The highest BCUT2D eigenvalue weighted by Crippen LogP contribution is 2.20. The first-order valence-electron chi connectivity index (χ1n) is 6.31. The second-order valence-corrected chi connectivity index (χ2v) is 4.71. The van der Waals surface area contributed by atoms with Crippen molar-refractivity contribution in [1.29, 1.82) is 0 Å². The van der Waals surface area contributed by atoms with Crippen LogP contribution in [0.2, 0.25) is 0 Å². The summed E-state index contributed by atoms with van der Waals surface area (Å²) in [6.45, 7) is 0.984. The summed E-state index contributed by atoms with van der Waals surface area (Å²) in [4.78, 5) is 4.39. The molecule has 0 spiro atoms. The van der Waals surface area contributed by atoms with Gasteiger partial charge in [-0.2, -0.15) is 5.10 Å². The molecule has 3 rings (SSSR count). The van der Waals surface area contributed by atoms with E-state index < -0.39 is 11.6 Å². The van der Waals surface area contributed by atoms with Crippen LogP contribution in [0.5, 0.6) is 0 Å². The van der Waals surface area contributed by atoms with Crippen LogP contribution in [-0.4, -0.2) is 21.7 Å². The summed E-state index contributed by atoms with van der Waals surface area (Å²) < 4.78 is 25.9. The van der Waals surface area contributed by atoms with Crippen molar-refractivity contribution in [2.24, 2.45) is 0 Å². The van der Waals surface area contributed by atoms with Crippen molar-refractivity contribution in [2.45, 2.75) is 25.3 Å². The van der Waals surface area contributed by atoms with Gasteiger partial charge in [0.05, 0.1) is 6.04 Å². The minimum absolute atomic E-state index is 0.204. The van der Waals surface area contributed by atoms with Crippen LogP contribution in [0.3, 0.4) is 0 Å². The molecular weight excluding hydrogens is 250 g/mol. The standard InChI is InChI=1S/C13H14F2N4/c14-9-4-3-8(6-10(9)15)7-12-17-13(19-18-12)11-2-1-5-16-11/h3-4,6,11,16H,1-2,5,7H2,(H,17,18,19). The highest BCUT2D eigenvalue weighted by atomic mass is 19.2. The van der Waals surface area contributed by atoms with E-state index in [0.717, 1.165) is 31.3 Å². The van der Waals surface area contributed by atoms with Gasteiger partial charge in [0.15, 0.2) is 17.5 Å². The average Bonchev–Trinajstić information content (AvgIpc) is 3.04. The molecule has 1 aromatic heterocycles. The Kier molecular flexibility index (Phi) is 3.25. The lowest BCUT2D eigenvalue weighted by Crippen LogP contribution is -2.14. The first-order valence-corrected chi connectivity index (χ1v) is 6.31. The molecule has 0 amide bonds. The largest absolute Gasteiger partial charge is 0.307 e. The fourth-order valence-electron chi connectivity index (χ4n) is 2.29. The van der Waals surface area contributed by atoms with Crippen LogP contribution < -0.4 is 5.32 Å². The topological polar surface area (TPSA) is 53.6 Å². The van der Waals surface area contributed by atoms with E-state index >= 15 is 0 Å². The zero-order chi connectivity index (χ0) is 13.2. The number of aromatic amines is 1. The van der Waals surface area contributed by atoms with Crippen LogP contribution in [-0.2, 0) is 6.42 Å². The summed E-state index contributed by atoms with van der Waals surface area (Å²) in [5.74, 6) is -0.267. The molecular formula is C13H14F2N4. The molecule has 2 N–H and O–H groups in total. The average molecular weight is 264 g/mol. The minimum atomic E-state index is -0.838. The predicted octanol–water partition coefficient (Wildman–Crippen LogP) is 2.10. The second kappa shape index (κ2) is 5.05. The van der Waals surface area contributed by atoms with Crippen LogP contribution in [0.4, 0.5) is 8.78 Å². The van der Waals surface area contributed by atoms with Crippen molar-refractivity contribution in [2.75, 3.05) is 6.54 Å². The van der Waals surface area contributed by atoms with Crippen molar-refractivity contribution in [3.63, 3.8) is 0 Å². The van der Waals surface area contributed by atoms with Gasteiger partial charge in [0.1, 0.15) is 5.82 Å². The molecule has 1 atom stereocenters. The maximum Gasteiger partial charge on any atom is 0.167 e. The fraction of sp³-hybridized carbons (Fsp3) is 0.385. The van der Waals surface area contributed by atoms with E-state index in [9.17, 15) is 8.78 Å². The number of H-pyrrole nitrogens is 1. The smallest absolute Gasteiger partial charge is 0.167 e. The number of nitrogens with zero attached hydrogens (tertiary/aromatic N) is 2. The third-order valence-electron chi connectivity index (χ3n) is 3.28. The van der Waals surface area contributed by atoms with Gasteiger partial charge >= 0.3 is 0 Å². The number of nitrogens with one attached hydrogen (secondary N) is 2. The molecule has 6 heteroatoms. The third-order valence-corrected chi connectivity index (χ3v) is 3.28. The molecule has 1 aromatic carbocycles. The van der Waals surface area contributed by atoms with Crippen molar-refractivity contribution < 1.29 is 8.78 Å². The van der Waals surface area contributed by atoms with Gasteiger partial charge < -0.3 is 5.32 Å². The van der Waals surface area contributed by atoms with Crippen LogP contribution >= 0.6 is 0 Å². The van der Waals surface area contributed by atoms with E-state index in [1.807, 2.05) is 0 Å². The normalized spacial score (nSPS) is 18.9. The molecule has 0 radical (unpaired) electrons. The number of halogens is 2. The van der Waals surface area contributed by atoms with Gasteiger partial charge in [0.25, 0.3) is 0 Å². The molecule has 1 saturated heterocycles. The lowest BCUT2D eigenvalue weighted by atomic mass is 10.1. The number of aromatic nitrogens is 3. The summed E-state index contributed by atoms with van der Waals surface area (Å²) in [5.41, 5.74) is 0.668. The molecule has 100 valence electrons. The Morgan fingerprint density at radius 1 is 1.26 bits per heavy atom. The number of hydrogen-bond acceptors (Lipinski definition) is 3. The fourth-order valence-corrected chi connectivity index (χ4v) is 2.29. The molecule has 0 bridgehead atoms. The molecule has 1 aliphatic heterocycles. The van der Waals surface area contributed by atoms with Crippen LogP contribution in [0.25, 0.3) is 0 Å². The molecule has 2 aromatic rings. The van der Waals surface area contributed by atoms with E-state index in [4.69, 9.17) is 0 Å². The van der Waals surface area contributed by atoms with Crippen molar-refractivity contribution in [3.8, 4) is 0 Å². The molecule has 1 unspecified atom stereocenters. The first-order chi connectivity index (χ1) is 9.22. The van der Waals surface area contributed by atoms with E-state index in [0.29, 0.717) is 17.8 Å². The Bertz CT molecular complexity index is 576. The van der Waals surface area contributed by atoms with Crippen molar-refractivity contribution >= 4 is 0 Å². The zero-order valence-electron chi connectivity index (χ0n) is 10.3. The first kappa shape index (κ1) is 12.2. The van der Waals surface area contributed by atoms with Gasteiger partial charge in [-0.25, -0.2) is 13.8 Å². The van der Waals surface area contributed by atoms with Gasteiger partial charge in [0, 0.05) is 6.42 Å². The lowest BCUT2D eigenvalue weighted by molar-refractivity contribution is 0.507. The Hall–Kier alpha value is -1.82. The third kappa shape index (κ3) is 2.63. The van der Waals surface area contributed by atoms with Gasteiger partial charge in [-0.1, -0.05) is 6.07 Å². The van der Waals surface area contributed by atoms with Crippen LogP contribution in [0.15, 0.2) is 18.2 Å². The summed E-state index contributed by atoms with van der Waals surface area (Å²) >= 11 is 0. The molecule has 0 aliphatic carbocycles. The maximum absolute atomic E-state index is 13.1. The minimum Gasteiger partial charge on any atom is -0.307 e. The number of rotatable bonds is 3. The Morgan fingerprint density at radius 2 is 2.16 bits per heavy atom. The number of benzene rings is 1. The molecule has 2 heterocycles. The lowest BCUT2D eigenvalue weighted by Gasteiger charge is -2.03. The summed E-state index contributed by atoms with van der Waals surface area (Å²) in [6, 6.07) is 4.07. The van der Waals surface area contributed by atoms with E-state index in [-0.39, 0.29) is 6.04 Å². The second-order valence-electron chi connectivity index (χ2n) is 4.71. The van der Waals surface area contributed by atoms with E-state index in [1.165, 1.54) is 6.07 Å². The quantitative estimate of drug-likeness (QED) is 0.892. The molecule has 1 aliphatic rings. The molecule has 1 fully saturated rings. The van der Waals surface area contributed by atoms with Crippen molar-refractivity contribution in [3.05, 3.63) is 47.0 Å². The summed E-state index contributed by atoms with van der Waals surface area (Å²) in [5, 5.41) is 10.3. The SMILES string of the molecule is Fc1ccc(Cc2nc(C3CCCN3)n[nH]2)cc1F. The van der Waals surface area contributed by atoms with Crippen LogP contribution in [0.1, 0.15) is 36.1 Å². The maximum atomic E-state index is 13.1. The van der Waals surface area contributed by atoms with Crippen LogP contribution in [0, 0.1) is 11.6 Å². The highest BCUT2D eigenvalue weighted by molar-refractivity contribution is 5.21. The number of hydrogen-bond donors (Lipinski definition) is 2. The Labute approximate surface area is 109 Å². The monoisotopic (exact) mass is 264 g/mol. The molecule has 19 heavy (non-hydrogen) atoms. The molecule has 0 saturated carbocycles. The Morgan fingerprint density at radius 3 is 2.89 bits per heavy atom. The predicted molar refractivity (Wildman–Crippen MR) is 65.5 cm³/mol. The van der Waals surface area contributed by atoms with Gasteiger partial charge in [0.2, 0.25) is 0 Å². The summed E-state index contributed by atoms with van der Waals surface area (Å²) in [7, 11) is 0. The van der Waals surface area contributed by atoms with E-state index in [1.54, 1.807) is 6.07 Å².